The zero-order valence-electron chi connectivity index (χ0n) is 20.0. The Morgan fingerprint density at radius 1 is 1.00 bits per heavy atom. The van der Waals surface area contributed by atoms with Gasteiger partial charge in [0, 0.05) is 29.6 Å². The first-order valence-corrected chi connectivity index (χ1v) is 12.4. The van der Waals surface area contributed by atoms with Crippen LogP contribution in [0.5, 0.6) is 5.75 Å². The smallest absolute Gasteiger partial charge is 0.261 e. The van der Waals surface area contributed by atoms with Crippen molar-refractivity contribution in [1.82, 2.24) is 10.2 Å². The minimum absolute atomic E-state index is 0.142. The summed E-state index contributed by atoms with van der Waals surface area (Å²) in [6, 6.07) is 21.5. The molecule has 1 atom stereocenters. The van der Waals surface area contributed by atoms with Crippen molar-refractivity contribution in [3.63, 3.8) is 0 Å². The fourth-order valence-corrected chi connectivity index (χ4v) is 4.15. The minimum atomic E-state index is -0.746. The Labute approximate surface area is 217 Å². The van der Waals surface area contributed by atoms with Crippen molar-refractivity contribution in [2.24, 2.45) is 0 Å². The summed E-state index contributed by atoms with van der Waals surface area (Å²) in [5, 5.41) is 3.88. The maximum Gasteiger partial charge on any atom is 0.261 e. The number of halogens is 2. The predicted octanol–water partition coefficient (Wildman–Crippen LogP) is 5.85. The van der Waals surface area contributed by atoms with Gasteiger partial charge in [0.2, 0.25) is 5.91 Å². The van der Waals surface area contributed by atoms with Crippen LogP contribution in [0, 0.1) is 6.92 Å². The van der Waals surface area contributed by atoms with Crippen molar-refractivity contribution in [2.75, 3.05) is 13.2 Å². The molecule has 35 heavy (non-hydrogen) atoms. The molecule has 0 saturated carbocycles. The summed E-state index contributed by atoms with van der Waals surface area (Å²) >= 11 is 12.5. The lowest BCUT2D eigenvalue weighted by molar-refractivity contribution is -0.142. The standard InChI is InChI=1S/C28H30Cl2N2O3/c1-3-14-31-28(34)26(16-21-9-5-4-6-10-21)32(18-22-12-13-23(29)17-25(22)30)27(33)19-35-24-11-7-8-20(2)15-24/h4-13,15,17,26H,3,14,16,18-19H2,1-2H3,(H,31,34)/t26-/m0/s1. The molecule has 0 fully saturated rings. The molecule has 7 heteroatoms. The lowest BCUT2D eigenvalue weighted by atomic mass is 10.0. The normalized spacial score (nSPS) is 11.5. The first kappa shape index (κ1) is 26.6. The number of hydrogen-bond donors (Lipinski definition) is 1. The highest BCUT2D eigenvalue weighted by Gasteiger charge is 2.31. The van der Waals surface area contributed by atoms with Gasteiger partial charge in [-0.2, -0.15) is 0 Å². The molecule has 0 bridgehead atoms. The Hall–Kier alpha value is -3.02. The number of benzene rings is 3. The molecule has 0 heterocycles. The highest BCUT2D eigenvalue weighted by molar-refractivity contribution is 6.35. The van der Waals surface area contributed by atoms with E-state index >= 15 is 0 Å². The fourth-order valence-electron chi connectivity index (χ4n) is 3.69. The van der Waals surface area contributed by atoms with Crippen molar-refractivity contribution >= 4 is 35.0 Å². The van der Waals surface area contributed by atoms with Crippen LogP contribution >= 0.6 is 23.2 Å². The molecule has 0 aliphatic rings. The van der Waals surface area contributed by atoms with Crippen molar-refractivity contribution < 1.29 is 14.3 Å². The maximum absolute atomic E-state index is 13.5. The molecular formula is C28H30Cl2N2O3. The van der Waals surface area contributed by atoms with Gasteiger partial charge in [-0.3, -0.25) is 9.59 Å². The molecule has 0 saturated heterocycles. The first-order chi connectivity index (χ1) is 16.9. The molecule has 0 aliphatic carbocycles. The number of hydrogen-bond acceptors (Lipinski definition) is 3. The van der Waals surface area contributed by atoms with Gasteiger partial charge >= 0.3 is 0 Å². The second kappa shape index (κ2) is 13.2. The van der Waals surface area contributed by atoms with Crippen molar-refractivity contribution in [2.45, 2.75) is 39.3 Å². The van der Waals surface area contributed by atoms with Crippen LogP contribution in [0.2, 0.25) is 10.0 Å². The van der Waals surface area contributed by atoms with Crippen molar-refractivity contribution in [1.29, 1.82) is 0 Å². The topological polar surface area (TPSA) is 58.6 Å². The van der Waals surface area contributed by atoms with E-state index in [1.807, 2.05) is 62.4 Å². The van der Waals surface area contributed by atoms with Crippen molar-refractivity contribution in [3.8, 4) is 5.75 Å². The Bertz CT molecular complexity index is 1140. The average Bonchev–Trinajstić information content (AvgIpc) is 2.85. The summed E-state index contributed by atoms with van der Waals surface area (Å²) in [5.41, 5.74) is 2.67. The summed E-state index contributed by atoms with van der Waals surface area (Å²) in [5.74, 6) is 0.0627. The molecule has 0 aliphatic heterocycles. The molecule has 3 rings (SSSR count). The van der Waals surface area contributed by atoms with Crippen LogP contribution < -0.4 is 10.1 Å². The lowest BCUT2D eigenvalue weighted by Gasteiger charge is -2.31. The summed E-state index contributed by atoms with van der Waals surface area (Å²) in [7, 11) is 0. The van der Waals surface area contributed by atoms with Gasteiger partial charge in [-0.05, 0) is 54.3 Å². The highest BCUT2D eigenvalue weighted by Crippen LogP contribution is 2.24. The molecule has 5 nitrogen and oxygen atoms in total. The predicted molar refractivity (Wildman–Crippen MR) is 141 cm³/mol. The molecule has 2 amide bonds. The van der Waals surface area contributed by atoms with Gasteiger partial charge in [0.25, 0.3) is 5.91 Å². The third kappa shape index (κ3) is 8.01. The number of nitrogens with one attached hydrogen (secondary N) is 1. The van der Waals surface area contributed by atoms with E-state index in [2.05, 4.69) is 5.32 Å². The van der Waals surface area contributed by atoms with E-state index in [9.17, 15) is 9.59 Å². The number of nitrogens with zero attached hydrogens (tertiary/aromatic N) is 1. The number of amides is 2. The van der Waals surface area contributed by atoms with Crippen LogP contribution in [0.4, 0.5) is 0 Å². The van der Waals surface area contributed by atoms with Gasteiger partial charge in [-0.25, -0.2) is 0 Å². The summed E-state index contributed by atoms with van der Waals surface area (Å²) < 4.78 is 5.80. The van der Waals surface area contributed by atoms with E-state index in [0.717, 1.165) is 17.5 Å². The SMILES string of the molecule is CCCNC(=O)[C@H](Cc1ccccc1)N(Cc1ccc(Cl)cc1Cl)C(=O)COc1cccc(C)c1. The highest BCUT2D eigenvalue weighted by atomic mass is 35.5. The second-order valence-corrected chi connectivity index (χ2v) is 9.20. The largest absolute Gasteiger partial charge is 0.484 e. The number of ether oxygens (including phenoxy) is 1. The quantitative estimate of drug-likeness (QED) is 0.350. The van der Waals surface area contributed by atoms with E-state index in [-0.39, 0.29) is 25.0 Å². The van der Waals surface area contributed by atoms with E-state index < -0.39 is 6.04 Å². The third-order valence-electron chi connectivity index (χ3n) is 5.53. The average molecular weight is 513 g/mol. The Balaban J connectivity index is 1.92. The number of carbonyl (C=O) groups is 2. The minimum Gasteiger partial charge on any atom is -0.484 e. The maximum atomic E-state index is 13.5. The van der Waals surface area contributed by atoms with Crippen LogP contribution in [-0.2, 0) is 22.6 Å². The zero-order valence-corrected chi connectivity index (χ0v) is 21.5. The molecule has 1 N–H and O–H groups in total. The molecule has 184 valence electrons. The van der Waals surface area contributed by atoms with E-state index in [1.165, 1.54) is 0 Å². The summed E-state index contributed by atoms with van der Waals surface area (Å²) in [6.07, 6.45) is 1.15. The molecule has 0 radical (unpaired) electrons. The summed E-state index contributed by atoms with van der Waals surface area (Å²) in [6.45, 7) is 4.40. The van der Waals surface area contributed by atoms with E-state index in [1.54, 1.807) is 29.2 Å². The fraction of sp³-hybridized carbons (Fsp3) is 0.286. The van der Waals surface area contributed by atoms with Gasteiger partial charge in [0.15, 0.2) is 6.61 Å². The van der Waals surface area contributed by atoms with Gasteiger partial charge < -0.3 is 15.0 Å². The van der Waals surface area contributed by atoms with Crippen LogP contribution in [0.25, 0.3) is 0 Å². The van der Waals surface area contributed by atoms with Crippen LogP contribution in [-0.4, -0.2) is 35.9 Å². The second-order valence-electron chi connectivity index (χ2n) is 8.36. The monoisotopic (exact) mass is 512 g/mol. The Morgan fingerprint density at radius 2 is 1.77 bits per heavy atom. The van der Waals surface area contributed by atoms with Gasteiger partial charge in [0.05, 0.1) is 0 Å². The molecular weight excluding hydrogens is 483 g/mol. The Kier molecular flexibility index (Phi) is 10.0. The van der Waals surface area contributed by atoms with Gasteiger partial charge in [-0.1, -0.05) is 78.7 Å². The van der Waals surface area contributed by atoms with Crippen LogP contribution in [0.1, 0.15) is 30.0 Å². The third-order valence-corrected chi connectivity index (χ3v) is 6.11. The zero-order chi connectivity index (χ0) is 25.2. The van der Waals surface area contributed by atoms with Crippen molar-refractivity contribution in [3.05, 3.63) is 99.5 Å². The first-order valence-electron chi connectivity index (χ1n) is 11.6. The number of carbonyl (C=O) groups excluding carboxylic acids is 2. The molecule has 3 aromatic carbocycles. The van der Waals surface area contributed by atoms with E-state index in [0.29, 0.717) is 34.3 Å². The number of aryl methyl sites for hydroxylation is 1. The lowest BCUT2D eigenvalue weighted by Crippen LogP contribution is -2.51. The molecule has 3 aromatic rings. The number of rotatable bonds is 11. The summed E-state index contributed by atoms with van der Waals surface area (Å²) in [4.78, 5) is 28.4. The van der Waals surface area contributed by atoms with Gasteiger partial charge in [-0.15, -0.1) is 0 Å². The van der Waals surface area contributed by atoms with E-state index in [4.69, 9.17) is 27.9 Å². The van der Waals surface area contributed by atoms with Crippen LogP contribution in [0.15, 0.2) is 72.8 Å². The molecule has 0 aromatic heterocycles. The molecule has 0 unspecified atom stereocenters. The molecule has 0 spiro atoms. The Morgan fingerprint density at radius 3 is 2.46 bits per heavy atom. The van der Waals surface area contributed by atoms with Crippen LogP contribution in [0.3, 0.4) is 0 Å². The van der Waals surface area contributed by atoms with Gasteiger partial charge in [0.1, 0.15) is 11.8 Å².